The van der Waals surface area contributed by atoms with E-state index in [-0.39, 0.29) is 0 Å². The molecule has 1 aliphatic carbocycles. The van der Waals surface area contributed by atoms with E-state index in [4.69, 9.17) is 10.3 Å². The van der Waals surface area contributed by atoms with Crippen LogP contribution in [0.25, 0.3) is 0 Å². The van der Waals surface area contributed by atoms with Crippen molar-refractivity contribution in [3.05, 3.63) is 6.20 Å². The second kappa shape index (κ2) is 1.97. The Bertz CT molecular complexity index is 229. The van der Waals surface area contributed by atoms with E-state index in [2.05, 4.69) is 5.27 Å². The number of anilines is 1. The molecule has 0 saturated heterocycles. The molecule has 1 heterocycles. The lowest BCUT2D eigenvalue weighted by atomic mass is 9.93. The van der Waals surface area contributed by atoms with Crippen LogP contribution in [0, 0.1) is 0 Å². The van der Waals surface area contributed by atoms with Gasteiger partial charge in [-0.15, -0.1) is 0 Å². The van der Waals surface area contributed by atoms with E-state index in [1.807, 2.05) is 0 Å². The highest BCUT2D eigenvalue weighted by Gasteiger charge is 2.29. The highest BCUT2D eigenvalue weighted by atomic mass is 16.5. The standard InChI is InChI=1S/C6H10N3O/c7-6-4-9(8-10-6)5-2-1-3-5/h4-5H,1-3,7H2/q+1. The molecule has 4 nitrogen and oxygen atoms in total. The fourth-order valence-electron chi connectivity index (χ4n) is 1.10. The van der Waals surface area contributed by atoms with Crippen LogP contribution in [0.15, 0.2) is 10.7 Å². The third-order valence-corrected chi connectivity index (χ3v) is 1.95. The Morgan fingerprint density at radius 2 is 2.50 bits per heavy atom. The molecule has 1 saturated carbocycles. The maximum Gasteiger partial charge on any atom is 0.293 e. The van der Waals surface area contributed by atoms with Gasteiger partial charge in [-0.1, -0.05) is 0 Å². The summed E-state index contributed by atoms with van der Waals surface area (Å²) in [6, 6.07) is 0.543. The highest BCUT2D eigenvalue weighted by molar-refractivity contribution is 5.11. The zero-order valence-corrected chi connectivity index (χ0v) is 5.66. The second-order valence-corrected chi connectivity index (χ2v) is 2.67. The van der Waals surface area contributed by atoms with Crippen molar-refractivity contribution in [2.45, 2.75) is 25.3 Å². The van der Waals surface area contributed by atoms with Crippen LogP contribution in [0.1, 0.15) is 25.3 Å². The summed E-state index contributed by atoms with van der Waals surface area (Å²) >= 11 is 0. The summed E-state index contributed by atoms with van der Waals surface area (Å²) in [4.78, 5) is 0. The Labute approximate surface area is 58.6 Å². The van der Waals surface area contributed by atoms with Crippen LogP contribution in [-0.2, 0) is 0 Å². The SMILES string of the molecule is Nc1c[n+](C2CCC2)no1. The van der Waals surface area contributed by atoms with E-state index < -0.39 is 0 Å². The summed E-state index contributed by atoms with van der Waals surface area (Å²) < 4.78 is 6.52. The van der Waals surface area contributed by atoms with Crippen LogP contribution in [-0.4, -0.2) is 5.27 Å². The predicted octanol–water partition coefficient (Wildman–Crippen LogP) is 0.269. The van der Waals surface area contributed by atoms with Crippen LogP contribution in [0.3, 0.4) is 0 Å². The molecular formula is C6H10N3O+. The van der Waals surface area contributed by atoms with Gasteiger partial charge in [-0.2, -0.15) is 0 Å². The number of nitrogens with zero attached hydrogens (tertiary/aromatic N) is 2. The fraction of sp³-hybridized carbons (Fsp3) is 0.667. The van der Waals surface area contributed by atoms with Crippen molar-refractivity contribution >= 4 is 5.88 Å². The molecule has 0 aliphatic heterocycles. The lowest BCUT2D eigenvalue weighted by molar-refractivity contribution is -0.793. The predicted molar refractivity (Wildman–Crippen MR) is 34.0 cm³/mol. The topological polar surface area (TPSA) is 55.9 Å². The van der Waals surface area contributed by atoms with Gasteiger partial charge in [-0.3, -0.25) is 4.52 Å². The molecule has 0 unspecified atom stereocenters. The van der Waals surface area contributed by atoms with E-state index in [0.717, 1.165) is 0 Å². The average molecular weight is 140 g/mol. The van der Waals surface area contributed by atoms with Gasteiger partial charge in [0.15, 0.2) is 6.04 Å². The number of nitrogens with two attached hydrogens (primary N) is 1. The molecule has 0 spiro atoms. The van der Waals surface area contributed by atoms with E-state index >= 15 is 0 Å². The van der Waals surface area contributed by atoms with Gasteiger partial charge in [0.05, 0.1) is 0 Å². The Morgan fingerprint density at radius 3 is 2.90 bits per heavy atom. The summed E-state index contributed by atoms with van der Waals surface area (Å²) in [5.41, 5.74) is 5.35. The first-order valence-corrected chi connectivity index (χ1v) is 3.50. The Balaban J connectivity index is 2.17. The number of hydrogen-bond donors (Lipinski definition) is 1. The highest BCUT2D eigenvalue weighted by Crippen LogP contribution is 2.25. The quantitative estimate of drug-likeness (QED) is 0.569. The van der Waals surface area contributed by atoms with Crippen LogP contribution in [0.4, 0.5) is 5.88 Å². The monoisotopic (exact) mass is 140 g/mol. The molecule has 1 aliphatic rings. The second-order valence-electron chi connectivity index (χ2n) is 2.67. The number of nitrogen functional groups attached to an aromatic ring is 1. The van der Waals surface area contributed by atoms with Gasteiger partial charge in [-0.25, -0.2) is 0 Å². The molecule has 2 rings (SSSR count). The zero-order chi connectivity index (χ0) is 6.97. The van der Waals surface area contributed by atoms with Gasteiger partial charge in [0.1, 0.15) is 0 Å². The van der Waals surface area contributed by atoms with Gasteiger partial charge in [0.2, 0.25) is 5.27 Å². The van der Waals surface area contributed by atoms with Gasteiger partial charge in [-0.05, 0) is 11.1 Å². The lowest BCUT2D eigenvalue weighted by Crippen LogP contribution is -2.44. The molecule has 2 N–H and O–H groups in total. The molecule has 1 aromatic heterocycles. The summed E-state index contributed by atoms with van der Waals surface area (Å²) in [7, 11) is 0. The average Bonchev–Trinajstić information content (AvgIpc) is 2.10. The van der Waals surface area contributed by atoms with E-state index in [9.17, 15) is 0 Å². The fourth-order valence-corrected chi connectivity index (χ4v) is 1.10. The smallest absolute Gasteiger partial charge is 0.293 e. The van der Waals surface area contributed by atoms with Gasteiger partial charge in [0.25, 0.3) is 12.1 Å². The van der Waals surface area contributed by atoms with E-state index in [1.165, 1.54) is 19.3 Å². The normalized spacial score (nSPS) is 18.8. The first-order chi connectivity index (χ1) is 4.86. The van der Waals surface area contributed by atoms with Crippen molar-refractivity contribution in [2.24, 2.45) is 0 Å². The van der Waals surface area contributed by atoms with Gasteiger partial charge in [0, 0.05) is 12.8 Å². The van der Waals surface area contributed by atoms with Crippen molar-refractivity contribution in [2.75, 3.05) is 5.73 Å². The first kappa shape index (κ1) is 5.70. The molecular weight excluding hydrogens is 130 g/mol. The van der Waals surface area contributed by atoms with Crippen LogP contribution >= 0.6 is 0 Å². The minimum absolute atomic E-state index is 0.395. The molecule has 0 atom stereocenters. The third-order valence-electron chi connectivity index (χ3n) is 1.95. The molecule has 4 heteroatoms. The first-order valence-electron chi connectivity index (χ1n) is 3.50. The minimum Gasteiger partial charge on any atom is -0.362 e. The van der Waals surface area contributed by atoms with E-state index in [0.29, 0.717) is 11.9 Å². The van der Waals surface area contributed by atoms with Crippen LogP contribution in [0.2, 0.25) is 0 Å². The Hall–Kier alpha value is -1.06. The number of rotatable bonds is 1. The summed E-state index contributed by atoms with van der Waals surface area (Å²) in [5, 5.41) is 3.75. The molecule has 0 radical (unpaired) electrons. The molecule has 54 valence electrons. The molecule has 1 aromatic rings. The van der Waals surface area contributed by atoms with Gasteiger partial charge >= 0.3 is 0 Å². The van der Waals surface area contributed by atoms with Gasteiger partial charge < -0.3 is 5.73 Å². The summed E-state index contributed by atoms with van der Waals surface area (Å²) in [6.45, 7) is 0. The van der Waals surface area contributed by atoms with Crippen molar-refractivity contribution in [3.63, 3.8) is 0 Å². The van der Waals surface area contributed by atoms with Crippen molar-refractivity contribution < 1.29 is 9.20 Å². The Morgan fingerprint density at radius 1 is 1.70 bits per heavy atom. The minimum atomic E-state index is 0.395. The lowest BCUT2D eigenvalue weighted by Gasteiger charge is -2.15. The summed E-state index contributed by atoms with van der Waals surface area (Å²) in [6.07, 6.45) is 5.45. The molecule has 0 aromatic carbocycles. The van der Waals surface area contributed by atoms with Crippen molar-refractivity contribution in [1.82, 2.24) is 5.27 Å². The summed E-state index contributed by atoms with van der Waals surface area (Å²) in [5.74, 6) is 0.395. The van der Waals surface area contributed by atoms with Crippen molar-refractivity contribution in [1.29, 1.82) is 0 Å². The number of aromatic nitrogens is 2. The van der Waals surface area contributed by atoms with Crippen molar-refractivity contribution in [3.8, 4) is 0 Å². The largest absolute Gasteiger partial charge is 0.362 e. The molecule has 0 bridgehead atoms. The van der Waals surface area contributed by atoms with Crippen LogP contribution in [0.5, 0.6) is 0 Å². The Kier molecular flexibility index (Phi) is 1.12. The third kappa shape index (κ3) is 0.761. The molecule has 1 fully saturated rings. The molecule has 0 amide bonds. The van der Waals surface area contributed by atoms with Crippen LogP contribution < -0.4 is 10.4 Å². The van der Waals surface area contributed by atoms with E-state index in [1.54, 1.807) is 10.9 Å². The maximum absolute atomic E-state index is 5.35. The zero-order valence-electron chi connectivity index (χ0n) is 5.66. The maximum atomic E-state index is 5.35. The molecule has 10 heavy (non-hydrogen) atoms. The number of hydrogen-bond acceptors (Lipinski definition) is 3.